The highest BCUT2D eigenvalue weighted by atomic mass is 14.3. The van der Waals surface area contributed by atoms with Crippen molar-refractivity contribution < 1.29 is 0 Å². The molecule has 9 aromatic carbocycles. The second-order valence-corrected chi connectivity index (χ2v) is 41.2. The maximum Gasteiger partial charge on any atom is -0.0129 e. The molecule has 552 valence electrons. The fraction of sp³-hybridized carbons (Fsp3) is 0.471. The SMILES string of the molecule is CC(C)(C)c1cc(-c2ccccc2)cc(C(C)(C)C)c1.CC(C)(C)c1ccc(-c2ccc(C(C)(C)C)cc2)cc1.CC(C)(C)c1ccc(-c2cccc(C(C)(C)C)c2)cc1.CC(C)(C)c1ccc(C(C)(C)C)cc1.CC(C)(C)c1cccc(C(C)(C)C)c1.CC(C)(C)c1ccccc1C(C)(C)C. The van der Waals surface area contributed by atoms with Crippen molar-refractivity contribution in [2.75, 3.05) is 0 Å². The van der Waals surface area contributed by atoms with Crippen LogP contribution in [-0.2, 0) is 65.0 Å². The Labute approximate surface area is 628 Å². The van der Waals surface area contributed by atoms with Crippen molar-refractivity contribution in [3.05, 3.63) is 285 Å². The van der Waals surface area contributed by atoms with E-state index in [1.165, 1.54) is 100 Å². The smallest absolute Gasteiger partial charge is 0.0129 e. The number of benzene rings is 9. The van der Waals surface area contributed by atoms with Gasteiger partial charge in [0.15, 0.2) is 0 Å². The van der Waals surface area contributed by atoms with Crippen LogP contribution in [0.3, 0.4) is 0 Å². The Balaban J connectivity index is 0.000000262. The third-order valence-electron chi connectivity index (χ3n) is 19.2. The molecule has 0 amide bonds. The summed E-state index contributed by atoms with van der Waals surface area (Å²) in [6.45, 7) is 81.4. The van der Waals surface area contributed by atoms with E-state index in [1.54, 1.807) is 0 Å². The van der Waals surface area contributed by atoms with Gasteiger partial charge in [0.2, 0.25) is 0 Å². The van der Waals surface area contributed by atoms with Gasteiger partial charge < -0.3 is 0 Å². The number of hydrogen-bond acceptors (Lipinski definition) is 0. The molecule has 0 radical (unpaired) electrons. The third kappa shape index (κ3) is 27.9. The van der Waals surface area contributed by atoms with Crippen LogP contribution in [0.1, 0.15) is 316 Å². The lowest BCUT2D eigenvalue weighted by atomic mass is 9.75. The van der Waals surface area contributed by atoms with Gasteiger partial charge in [0, 0.05) is 0 Å². The Morgan fingerprint density at radius 2 is 0.304 bits per heavy atom. The van der Waals surface area contributed by atoms with Crippen LogP contribution in [-0.4, -0.2) is 0 Å². The van der Waals surface area contributed by atoms with Gasteiger partial charge in [-0.2, -0.15) is 0 Å². The summed E-state index contributed by atoms with van der Waals surface area (Å²) in [4.78, 5) is 0. The average Bonchev–Trinajstić information content (AvgIpc) is 0.811. The molecular weight excluding hydrogens is 1230 g/mol. The molecule has 0 aliphatic rings. The number of hydrogen-bond donors (Lipinski definition) is 0. The molecule has 0 heteroatoms. The van der Waals surface area contributed by atoms with Gasteiger partial charge in [-0.25, -0.2) is 0 Å². The van der Waals surface area contributed by atoms with Crippen molar-refractivity contribution in [3.63, 3.8) is 0 Å². The first-order chi connectivity index (χ1) is 46.2. The molecule has 0 spiro atoms. The highest BCUT2D eigenvalue weighted by Crippen LogP contribution is 2.38. The molecule has 0 aliphatic carbocycles. The van der Waals surface area contributed by atoms with Crippen molar-refractivity contribution in [2.24, 2.45) is 0 Å². The Morgan fingerprint density at radius 1 is 0.118 bits per heavy atom. The summed E-state index contributed by atoms with van der Waals surface area (Å²) in [5, 5.41) is 0. The topological polar surface area (TPSA) is 0 Å². The molecule has 0 atom stereocenters. The first-order valence-electron chi connectivity index (χ1n) is 38.1. The summed E-state index contributed by atoms with van der Waals surface area (Å²) < 4.78 is 0. The molecule has 0 nitrogen and oxygen atoms in total. The van der Waals surface area contributed by atoms with Crippen molar-refractivity contribution in [1.82, 2.24) is 0 Å². The lowest BCUT2D eigenvalue weighted by Crippen LogP contribution is -2.21. The maximum absolute atomic E-state index is 2.37. The minimum Gasteiger partial charge on any atom is -0.0622 e. The summed E-state index contributed by atoms with van der Waals surface area (Å²) >= 11 is 0. The quantitative estimate of drug-likeness (QED) is 0.165. The van der Waals surface area contributed by atoms with Crippen LogP contribution in [0.25, 0.3) is 33.4 Å². The predicted molar refractivity (Wildman–Crippen MR) is 459 cm³/mol. The third-order valence-corrected chi connectivity index (χ3v) is 19.2. The summed E-state index contributed by atoms with van der Waals surface area (Å²) in [6, 6.07) is 80.2. The molecule has 9 aromatic rings. The molecule has 0 aliphatic heterocycles. The van der Waals surface area contributed by atoms with Gasteiger partial charge in [-0.1, -0.05) is 468 Å². The van der Waals surface area contributed by atoms with Crippen molar-refractivity contribution in [2.45, 2.75) is 314 Å². The van der Waals surface area contributed by atoms with Gasteiger partial charge >= 0.3 is 0 Å². The van der Waals surface area contributed by atoms with Crippen LogP contribution >= 0.6 is 0 Å². The molecule has 0 aromatic heterocycles. The van der Waals surface area contributed by atoms with E-state index >= 15 is 0 Å². The Bertz CT molecular complexity index is 3790. The van der Waals surface area contributed by atoms with Crippen LogP contribution in [0.4, 0.5) is 0 Å². The second-order valence-electron chi connectivity index (χ2n) is 41.2. The van der Waals surface area contributed by atoms with Gasteiger partial charge in [0.25, 0.3) is 0 Å². The normalized spacial score (nSPS) is 12.7. The summed E-state index contributed by atoms with van der Waals surface area (Å²) in [7, 11) is 0. The molecule has 0 N–H and O–H groups in total. The molecule has 102 heavy (non-hydrogen) atoms. The Kier molecular flexibility index (Phi) is 29.0. The molecule has 9 rings (SSSR count). The van der Waals surface area contributed by atoms with Crippen LogP contribution in [0.2, 0.25) is 0 Å². The van der Waals surface area contributed by atoms with E-state index in [-0.39, 0.29) is 65.0 Å². The van der Waals surface area contributed by atoms with Crippen LogP contribution in [0.5, 0.6) is 0 Å². The summed E-state index contributed by atoms with van der Waals surface area (Å²) in [5.74, 6) is 0. The first-order valence-corrected chi connectivity index (χ1v) is 38.1. The summed E-state index contributed by atoms with van der Waals surface area (Å²) in [6.07, 6.45) is 0. The van der Waals surface area contributed by atoms with Crippen LogP contribution < -0.4 is 0 Å². The minimum atomic E-state index is 0.171. The van der Waals surface area contributed by atoms with E-state index < -0.39 is 0 Å². The second kappa shape index (κ2) is 33.8. The van der Waals surface area contributed by atoms with Crippen molar-refractivity contribution >= 4 is 0 Å². The molecule has 0 bridgehead atoms. The fourth-order valence-electron chi connectivity index (χ4n) is 11.7. The molecule has 0 saturated heterocycles. The lowest BCUT2D eigenvalue weighted by molar-refractivity contribution is 0.530. The van der Waals surface area contributed by atoms with Crippen molar-refractivity contribution in [3.8, 4) is 33.4 Å². The minimum absolute atomic E-state index is 0.171. The highest BCUT2D eigenvalue weighted by Gasteiger charge is 2.26. The average molecular weight is 1370 g/mol. The van der Waals surface area contributed by atoms with E-state index in [4.69, 9.17) is 0 Å². The van der Waals surface area contributed by atoms with Gasteiger partial charge in [0.05, 0.1) is 0 Å². The molecule has 0 fully saturated rings. The van der Waals surface area contributed by atoms with E-state index in [2.05, 4.69) is 468 Å². The predicted octanol–water partition coefficient (Wildman–Crippen LogP) is 30.7. The van der Waals surface area contributed by atoms with Gasteiger partial charge in [-0.3, -0.25) is 0 Å². The molecular formula is C102H144. The van der Waals surface area contributed by atoms with Crippen LogP contribution in [0.15, 0.2) is 218 Å². The van der Waals surface area contributed by atoms with Gasteiger partial charge in [-0.05, 0) is 165 Å². The Hall–Kier alpha value is -7.02. The molecule has 0 heterocycles. The van der Waals surface area contributed by atoms with E-state index in [0.717, 1.165) is 0 Å². The zero-order valence-electron chi connectivity index (χ0n) is 71.8. The standard InChI is InChI=1S/3C20H26.3C14H22/c1-19(2,3)17-11-7-15(8-12-17)16-9-13-18(14-10-16)20(4,5)6;1-19(2,3)17-12-10-15(11-13-17)16-8-7-9-18(14-16)20(4,5)6;1-19(2,3)17-12-16(15-10-8-7-9-11-15)13-18(14-17)20(4,5)6;1-13(2,3)11-7-9-12(10-8-11)14(4,5)6;1-13(2,3)11-8-7-9-12(10-11)14(4,5)6;1-13(2,3)11-9-7-8-10-12(11)14(4,5)6/h3*7-14H,1-6H3;3*7-10H,1-6H3. The van der Waals surface area contributed by atoms with Crippen molar-refractivity contribution in [1.29, 1.82) is 0 Å². The first kappa shape index (κ1) is 87.4. The van der Waals surface area contributed by atoms with Crippen LogP contribution in [0, 0.1) is 0 Å². The lowest BCUT2D eigenvalue weighted by Gasteiger charge is -2.29. The van der Waals surface area contributed by atoms with E-state index in [9.17, 15) is 0 Å². The fourth-order valence-corrected chi connectivity index (χ4v) is 11.7. The molecule has 0 saturated carbocycles. The maximum atomic E-state index is 2.37. The van der Waals surface area contributed by atoms with E-state index in [1.807, 2.05) is 0 Å². The Morgan fingerprint density at radius 3 is 0.559 bits per heavy atom. The number of rotatable bonds is 3. The zero-order chi connectivity index (χ0) is 77.8. The van der Waals surface area contributed by atoms with E-state index in [0.29, 0.717) is 0 Å². The van der Waals surface area contributed by atoms with Gasteiger partial charge in [-0.15, -0.1) is 0 Å². The highest BCUT2D eigenvalue weighted by molar-refractivity contribution is 5.67. The largest absolute Gasteiger partial charge is 0.0622 e. The van der Waals surface area contributed by atoms with Gasteiger partial charge in [0.1, 0.15) is 0 Å². The zero-order valence-corrected chi connectivity index (χ0v) is 71.8. The molecule has 0 unspecified atom stereocenters. The monoisotopic (exact) mass is 1370 g/mol. The summed E-state index contributed by atoms with van der Waals surface area (Å²) in [5.41, 5.74) is 27.4.